The average molecular weight is 322 g/mol. The van der Waals surface area contributed by atoms with Crippen LogP contribution in [0.15, 0.2) is 36.9 Å². The van der Waals surface area contributed by atoms with Crippen molar-refractivity contribution in [2.24, 2.45) is 17.8 Å². The zero-order valence-electron chi connectivity index (χ0n) is 14.6. The minimum Gasteiger partial charge on any atom is -0.497 e. The van der Waals surface area contributed by atoms with E-state index in [2.05, 4.69) is 6.58 Å². The summed E-state index contributed by atoms with van der Waals surface area (Å²) in [5.74, 6) is 0.473. The molecule has 0 unspecified atom stereocenters. The van der Waals surface area contributed by atoms with Gasteiger partial charge in [-0.2, -0.15) is 0 Å². The van der Waals surface area contributed by atoms with Crippen molar-refractivity contribution in [1.29, 1.82) is 0 Å². The van der Waals surface area contributed by atoms with Crippen molar-refractivity contribution in [2.75, 3.05) is 13.7 Å². The monoisotopic (exact) mass is 322 g/mol. The molecular weight excluding hydrogens is 292 g/mol. The number of hydrogen-bond acceptors (Lipinski definition) is 4. The number of rotatable bonds is 10. The molecule has 4 nitrogen and oxygen atoms in total. The highest BCUT2D eigenvalue weighted by atomic mass is 16.5. The summed E-state index contributed by atoms with van der Waals surface area (Å²) in [7, 11) is 1.64. The highest BCUT2D eigenvalue weighted by molar-refractivity contribution is 5.26. The van der Waals surface area contributed by atoms with Gasteiger partial charge in [0.2, 0.25) is 0 Å². The molecule has 1 rings (SSSR count). The van der Waals surface area contributed by atoms with Crippen LogP contribution in [0.3, 0.4) is 0 Å². The van der Waals surface area contributed by atoms with Crippen LogP contribution < -0.4 is 4.74 Å². The van der Waals surface area contributed by atoms with Crippen LogP contribution in [-0.2, 0) is 11.3 Å². The molecule has 0 aliphatic heterocycles. The summed E-state index contributed by atoms with van der Waals surface area (Å²) in [6.45, 7) is 10.3. The van der Waals surface area contributed by atoms with Gasteiger partial charge in [-0.05, 0) is 17.7 Å². The van der Waals surface area contributed by atoms with Crippen molar-refractivity contribution in [3.63, 3.8) is 0 Å². The second kappa shape index (κ2) is 9.71. The third kappa shape index (κ3) is 5.98. The molecular formula is C19H30O4. The van der Waals surface area contributed by atoms with Gasteiger partial charge in [-0.25, -0.2) is 0 Å². The molecule has 0 aliphatic carbocycles. The van der Waals surface area contributed by atoms with Crippen LogP contribution >= 0.6 is 0 Å². The lowest BCUT2D eigenvalue weighted by molar-refractivity contribution is -0.0434. The molecule has 0 bridgehead atoms. The Morgan fingerprint density at radius 1 is 1.09 bits per heavy atom. The maximum Gasteiger partial charge on any atom is 0.118 e. The topological polar surface area (TPSA) is 58.9 Å². The van der Waals surface area contributed by atoms with E-state index in [0.29, 0.717) is 13.2 Å². The maximum absolute atomic E-state index is 10.4. The molecule has 4 heteroatoms. The molecule has 0 aromatic heterocycles. The van der Waals surface area contributed by atoms with E-state index < -0.39 is 12.2 Å². The highest BCUT2D eigenvalue weighted by Crippen LogP contribution is 2.22. The molecule has 0 radical (unpaired) electrons. The van der Waals surface area contributed by atoms with E-state index in [-0.39, 0.29) is 17.8 Å². The zero-order chi connectivity index (χ0) is 17.4. The third-order valence-corrected chi connectivity index (χ3v) is 4.38. The maximum atomic E-state index is 10.4. The van der Waals surface area contributed by atoms with Crippen molar-refractivity contribution >= 4 is 0 Å². The van der Waals surface area contributed by atoms with E-state index in [9.17, 15) is 10.2 Å². The van der Waals surface area contributed by atoms with Crippen molar-refractivity contribution in [3.8, 4) is 5.75 Å². The fourth-order valence-electron chi connectivity index (χ4n) is 2.52. The summed E-state index contributed by atoms with van der Waals surface area (Å²) in [6.07, 6.45) is 0.480. The smallest absolute Gasteiger partial charge is 0.118 e. The van der Waals surface area contributed by atoms with E-state index in [0.717, 1.165) is 11.3 Å². The molecule has 0 saturated carbocycles. The Hall–Kier alpha value is -1.36. The van der Waals surface area contributed by atoms with Crippen LogP contribution in [0.25, 0.3) is 0 Å². The molecule has 1 aromatic carbocycles. The van der Waals surface area contributed by atoms with Gasteiger partial charge in [-0.3, -0.25) is 0 Å². The fraction of sp³-hybridized carbons (Fsp3) is 0.579. The number of methoxy groups -OCH3 is 1. The molecule has 5 atom stereocenters. The Kier molecular flexibility index (Phi) is 8.31. The molecule has 2 N–H and O–H groups in total. The summed E-state index contributed by atoms with van der Waals surface area (Å²) >= 11 is 0. The molecule has 0 saturated heterocycles. The summed E-state index contributed by atoms with van der Waals surface area (Å²) in [5, 5.41) is 20.6. The third-order valence-electron chi connectivity index (χ3n) is 4.38. The number of aliphatic hydroxyl groups excluding tert-OH is 2. The molecule has 0 amide bonds. The largest absolute Gasteiger partial charge is 0.497 e. The fourth-order valence-corrected chi connectivity index (χ4v) is 2.52. The molecule has 0 spiro atoms. The predicted octanol–water partition coefficient (Wildman–Crippen LogP) is 3.03. The SMILES string of the molecule is C=C[C@H](C)[C@H](O)[C@H](C)[C@H](O)[C@H](C)COCc1ccc(OC)cc1. The van der Waals surface area contributed by atoms with Gasteiger partial charge in [-0.15, -0.1) is 6.58 Å². The number of aliphatic hydroxyl groups is 2. The van der Waals surface area contributed by atoms with E-state index >= 15 is 0 Å². The lowest BCUT2D eigenvalue weighted by Gasteiger charge is -2.30. The van der Waals surface area contributed by atoms with Gasteiger partial charge in [0.15, 0.2) is 0 Å². The number of ether oxygens (including phenoxy) is 2. The van der Waals surface area contributed by atoms with Crippen LogP contribution in [0.2, 0.25) is 0 Å². The Labute approximate surface area is 139 Å². The predicted molar refractivity (Wildman–Crippen MR) is 92.4 cm³/mol. The zero-order valence-corrected chi connectivity index (χ0v) is 14.6. The minimum absolute atomic E-state index is 0.0490. The standard InChI is InChI=1S/C19H30O4/c1-6-13(2)18(20)15(4)19(21)14(3)11-23-12-16-7-9-17(22-5)10-8-16/h6-10,13-15,18-21H,1,11-12H2,2-5H3/t13-,14+,15-,18-,19+/m0/s1. The van der Waals surface area contributed by atoms with E-state index in [1.165, 1.54) is 0 Å². The lowest BCUT2D eigenvalue weighted by Crippen LogP contribution is -2.38. The number of benzene rings is 1. The Morgan fingerprint density at radius 2 is 1.70 bits per heavy atom. The van der Waals surface area contributed by atoms with E-state index in [1.807, 2.05) is 45.0 Å². The highest BCUT2D eigenvalue weighted by Gasteiger charge is 2.29. The summed E-state index contributed by atoms with van der Waals surface area (Å²) in [5.41, 5.74) is 1.06. The average Bonchev–Trinajstić information content (AvgIpc) is 2.59. The second-order valence-corrected chi connectivity index (χ2v) is 6.28. The van der Waals surface area contributed by atoms with Crippen molar-refractivity contribution in [1.82, 2.24) is 0 Å². The molecule has 0 aliphatic rings. The molecule has 0 heterocycles. The summed E-state index contributed by atoms with van der Waals surface area (Å²) in [4.78, 5) is 0. The first kappa shape index (κ1) is 19.7. The van der Waals surface area contributed by atoms with E-state index in [1.54, 1.807) is 13.2 Å². The van der Waals surface area contributed by atoms with Gasteiger partial charge in [0.1, 0.15) is 5.75 Å². The Morgan fingerprint density at radius 3 is 2.22 bits per heavy atom. The second-order valence-electron chi connectivity index (χ2n) is 6.28. The Balaban J connectivity index is 2.42. The molecule has 23 heavy (non-hydrogen) atoms. The minimum atomic E-state index is -0.622. The van der Waals surface area contributed by atoms with Crippen LogP contribution in [0.4, 0.5) is 0 Å². The van der Waals surface area contributed by atoms with Gasteiger partial charge < -0.3 is 19.7 Å². The summed E-state index contributed by atoms with van der Waals surface area (Å²) < 4.78 is 10.8. The lowest BCUT2D eigenvalue weighted by atomic mass is 9.84. The van der Waals surface area contributed by atoms with Crippen molar-refractivity contribution in [2.45, 2.75) is 39.6 Å². The quantitative estimate of drug-likeness (QED) is 0.650. The number of hydrogen-bond donors (Lipinski definition) is 2. The van der Waals surface area contributed by atoms with Gasteiger partial charge in [0, 0.05) is 17.8 Å². The van der Waals surface area contributed by atoms with Crippen LogP contribution in [0, 0.1) is 17.8 Å². The van der Waals surface area contributed by atoms with Crippen molar-refractivity contribution < 1.29 is 19.7 Å². The van der Waals surface area contributed by atoms with Gasteiger partial charge in [0.25, 0.3) is 0 Å². The van der Waals surface area contributed by atoms with Crippen molar-refractivity contribution in [3.05, 3.63) is 42.5 Å². The van der Waals surface area contributed by atoms with Crippen LogP contribution in [-0.4, -0.2) is 36.1 Å². The van der Waals surface area contributed by atoms with Gasteiger partial charge >= 0.3 is 0 Å². The van der Waals surface area contributed by atoms with Crippen LogP contribution in [0.5, 0.6) is 5.75 Å². The first-order valence-electron chi connectivity index (χ1n) is 8.10. The van der Waals surface area contributed by atoms with Gasteiger partial charge in [-0.1, -0.05) is 39.0 Å². The first-order valence-corrected chi connectivity index (χ1v) is 8.10. The molecule has 1 aromatic rings. The van der Waals surface area contributed by atoms with Crippen LogP contribution in [0.1, 0.15) is 26.3 Å². The summed E-state index contributed by atoms with van der Waals surface area (Å²) in [6, 6.07) is 7.70. The molecule has 130 valence electrons. The van der Waals surface area contributed by atoms with Gasteiger partial charge in [0.05, 0.1) is 32.5 Å². The Bertz CT molecular complexity index is 457. The normalized spacial score (nSPS) is 17.8. The van der Waals surface area contributed by atoms with E-state index in [4.69, 9.17) is 9.47 Å². The molecule has 0 fully saturated rings. The first-order chi connectivity index (χ1) is 10.9.